The molecule has 1 N–H and O–H groups in total. The van der Waals surface area contributed by atoms with Crippen LogP contribution in [0.15, 0.2) is 42.5 Å². The van der Waals surface area contributed by atoms with Gasteiger partial charge in [0.25, 0.3) is 0 Å². The van der Waals surface area contributed by atoms with E-state index in [0.717, 1.165) is 11.8 Å². The summed E-state index contributed by atoms with van der Waals surface area (Å²) in [5, 5.41) is 2.96. The van der Waals surface area contributed by atoms with Crippen LogP contribution < -0.4 is 23.8 Å². The Hall–Kier alpha value is -2.94. The Kier molecular flexibility index (Phi) is 9.84. The molecule has 9 heteroatoms. The maximum Gasteiger partial charge on any atom is 0.232 e. The highest BCUT2D eigenvalue weighted by Gasteiger charge is 2.18. The minimum absolute atomic E-state index is 0.155. The molecule has 2 aromatic carbocycles. The molecular weight excluding hydrogens is 444 g/mol. The van der Waals surface area contributed by atoms with Gasteiger partial charge in [0.05, 0.1) is 38.3 Å². The minimum atomic E-state index is -3.49. The van der Waals surface area contributed by atoms with Crippen LogP contribution in [0.2, 0.25) is 0 Å². The molecule has 0 saturated carbocycles. The van der Waals surface area contributed by atoms with Gasteiger partial charge in [-0.1, -0.05) is 6.07 Å². The fraction of sp³-hybridized carbons (Fsp3) is 0.458. The van der Waals surface area contributed by atoms with Gasteiger partial charge in [-0.15, -0.1) is 0 Å². The highest BCUT2D eigenvalue weighted by atomic mass is 32.2. The Morgan fingerprint density at radius 2 is 1.67 bits per heavy atom. The summed E-state index contributed by atoms with van der Waals surface area (Å²) in [6.45, 7) is 6.95. The summed E-state index contributed by atoms with van der Waals surface area (Å²) in [7, 11) is -1.94. The second kappa shape index (κ2) is 12.3. The highest BCUT2D eigenvalue weighted by Crippen LogP contribution is 2.30. The summed E-state index contributed by atoms with van der Waals surface area (Å²) < 4.78 is 42.2. The van der Waals surface area contributed by atoms with Crippen molar-refractivity contribution in [3.05, 3.63) is 48.0 Å². The van der Waals surface area contributed by atoms with Crippen molar-refractivity contribution in [2.24, 2.45) is 0 Å². The van der Waals surface area contributed by atoms with E-state index in [1.165, 1.54) is 4.31 Å². The van der Waals surface area contributed by atoms with Crippen LogP contribution in [0.4, 0.5) is 5.69 Å². The van der Waals surface area contributed by atoms with Gasteiger partial charge >= 0.3 is 0 Å². The SMILES string of the molecule is CCOc1ccc([C@@H](C)NC(=O)CCCN(c2ccc(OC)cc2)S(C)(=O)=O)cc1OCC. The molecule has 0 bridgehead atoms. The van der Waals surface area contributed by atoms with Crippen LogP contribution in [0.25, 0.3) is 0 Å². The van der Waals surface area contributed by atoms with E-state index >= 15 is 0 Å². The zero-order chi connectivity index (χ0) is 24.4. The molecule has 1 atom stereocenters. The van der Waals surface area contributed by atoms with E-state index in [1.807, 2.05) is 39.0 Å². The van der Waals surface area contributed by atoms with E-state index in [9.17, 15) is 13.2 Å². The molecule has 0 aromatic heterocycles. The molecule has 0 fully saturated rings. The molecule has 0 saturated heterocycles. The smallest absolute Gasteiger partial charge is 0.232 e. The fourth-order valence-electron chi connectivity index (χ4n) is 3.35. The van der Waals surface area contributed by atoms with Gasteiger partial charge in [-0.25, -0.2) is 8.42 Å². The zero-order valence-electron chi connectivity index (χ0n) is 20.0. The van der Waals surface area contributed by atoms with Crippen LogP contribution in [-0.4, -0.2) is 47.4 Å². The number of amides is 1. The summed E-state index contributed by atoms with van der Waals surface area (Å²) in [4.78, 5) is 12.5. The lowest BCUT2D eigenvalue weighted by molar-refractivity contribution is -0.121. The van der Waals surface area contributed by atoms with Crippen molar-refractivity contribution in [1.29, 1.82) is 0 Å². The highest BCUT2D eigenvalue weighted by molar-refractivity contribution is 7.92. The van der Waals surface area contributed by atoms with E-state index in [-0.39, 0.29) is 24.9 Å². The van der Waals surface area contributed by atoms with Gasteiger partial charge in [0, 0.05) is 13.0 Å². The number of rotatable bonds is 13. The van der Waals surface area contributed by atoms with Gasteiger partial charge in [0.15, 0.2) is 11.5 Å². The molecule has 1 amide bonds. The summed E-state index contributed by atoms with van der Waals surface area (Å²) in [6.07, 6.45) is 1.73. The van der Waals surface area contributed by atoms with Crippen LogP contribution in [0.3, 0.4) is 0 Å². The number of nitrogens with zero attached hydrogens (tertiary/aromatic N) is 1. The molecule has 0 spiro atoms. The van der Waals surface area contributed by atoms with Crippen LogP contribution in [0.5, 0.6) is 17.2 Å². The lowest BCUT2D eigenvalue weighted by Crippen LogP contribution is -2.32. The Balaban J connectivity index is 1.97. The number of ether oxygens (including phenoxy) is 3. The van der Waals surface area contributed by atoms with E-state index in [1.54, 1.807) is 31.4 Å². The standard InChI is InChI=1S/C24H34N2O6S/c1-6-31-22-15-10-19(17-23(22)32-7-2)18(3)25-24(27)9-8-16-26(33(5,28)29)20-11-13-21(30-4)14-12-20/h10-15,17-18H,6-9,16H2,1-5H3,(H,25,27)/t18-/m1/s1. The maximum absolute atomic E-state index is 12.5. The number of methoxy groups -OCH3 is 1. The number of anilines is 1. The first kappa shape index (κ1) is 26.3. The summed E-state index contributed by atoms with van der Waals surface area (Å²) in [5.74, 6) is 1.79. The van der Waals surface area contributed by atoms with Gasteiger partial charge < -0.3 is 19.5 Å². The van der Waals surface area contributed by atoms with Crippen molar-refractivity contribution < 1.29 is 27.4 Å². The number of carbonyl (C=O) groups is 1. The summed E-state index contributed by atoms with van der Waals surface area (Å²) in [6, 6.07) is 12.1. The van der Waals surface area contributed by atoms with Crippen molar-refractivity contribution in [3.8, 4) is 17.2 Å². The third-order valence-corrected chi connectivity index (χ3v) is 6.16. The van der Waals surface area contributed by atoms with Crippen LogP contribution in [0, 0.1) is 0 Å². The van der Waals surface area contributed by atoms with Crippen molar-refractivity contribution in [2.75, 3.05) is 37.4 Å². The number of carbonyl (C=O) groups excluding carboxylic acids is 1. The molecule has 2 aromatic rings. The molecule has 0 aliphatic heterocycles. The Morgan fingerprint density at radius 1 is 1.03 bits per heavy atom. The van der Waals surface area contributed by atoms with Crippen LogP contribution >= 0.6 is 0 Å². The molecule has 182 valence electrons. The monoisotopic (exact) mass is 478 g/mol. The number of benzene rings is 2. The molecular formula is C24H34N2O6S. The third-order valence-electron chi connectivity index (χ3n) is 4.97. The largest absolute Gasteiger partial charge is 0.497 e. The zero-order valence-corrected chi connectivity index (χ0v) is 20.8. The quantitative estimate of drug-likeness (QED) is 0.469. The summed E-state index contributed by atoms with van der Waals surface area (Å²) >= 11 is 0. The lowest BCUT2D eigenvalue weighted by Gasteiger charge is -2.23. The maximum atomic E-state index is 12.5. The topological polar surface area (TPSA) is 94.2 Å². The van der Waals surface area contributed by atoms with Gasteiger partial charge in [-0.2, -0.15) is 0 Å². The average Bonchev–Trinajstić information content (AvgIpc) is 2.77. The first-order valence-corrected chi connectivity index (χ1v) is 12.8. The molecule has 0 heterocycles. The van der Waals surface area contributed by atoms with Gasteiger partial charge in [0.1, 0.15) is 5.75 Å². The first-order chi connectivity index (χ1) is 15.7. The molecule has 0 radical (unpaired) electrons. The predicted octanol–water partition coefficient (Wildman–Crippen LogP) is 3.92. The van der Waals surface area contributed by atoms with Crippen LogP contribution in [-0.2, 0) is 14.8 Å². The van der Waals surface area contributed by atoms with Crippen molar-refractivity contribution in [1.82, 2.24) is 5.32 Å². The molecule has 0 aliphatic rings. The Labute approximate surface area is 196 Å². The van der Waals surface area contributed by atoms with E-state index in [0.29, 0.717) is 42.6 Å². The molecule has 0 unspecified atom stereocenters. The second-order valence-electron chi connectivity index (χ2n) is 7.50. The predicted molar refractivity (Wildman–Crippen MR) is 130 cm³/mol. The average molecular weight is 479 g/mol. The Bertz CT molecular complexity index is 1010. The number of sulfonamides is 1. The van der Waals surface area contributed by atoms with E-state index in [2.05, 4.69) is 5.32 Å². The molecule has 0 aliphatic carbocycles. The fourth-order valence-corrected chi connectivity index (χ4v) is 4.32. The van der Waals surface area contributed by atoms with E-state index in [4.69, 9.17) is 14.2 Å². The van der Waals surface area contributed by atoms with Gasteiger partial charge in [0.2, 0.25) is 15.9 Å². The lowest BCUT2D eigenvalue weighted by atomic mass is 10.1. The second-order valence-corrected chi connectivity index (χ2v) is 9.40. The minimum Gasteiger partial charge on any atom is -0.497 e. The van der Waals surface area contributed by atoms with Gasteiger partial charge in [-0.3, -0.25) is 9.10 Å². The molecule has 8 nitrogen and oxygen atoms in total. The van der Waals surface area contributed by atoms with Crippen molar-refractivity contribution in [3.63, 3.8) is 0 Å². The molecule has 2 rings (SSSR count). The third kappa shape index (κ3) is 7.85. The number of hydrogen-bond donors (Lipinski definition) is 1. The first-order valence-electron chi connectivity index (χ1n) is 11.0. The summed E-state index contributed by atoms with van der Waals surface area (Å²) in [5.41, 5.74) is 1.43. The normalized spacial score (nSPS) is 12.0. The van der Waals surface area contributed by atoms with Crippen molar-refractivity contribution in [2.45, 2.75) is 39.7 Å². The van der Waals surface area contributed by atoms with Crippen LogP contribution in [0.1, 0.15) is 45.2 Å². The molecule has 33 heavy (non-hydrogen) atoms. The number of hydrogen-bond acceptors (Lipinski definition) is 6. The number of nitrogens with one attached hydrogen (secondary N) is 1. The van der Waals surface area contributed by atoms with E-state index < -0.39 is 10.0 Å². The van der Waals surface area contributed by atoms with Gasteiger partial charge in [-0.05, 0) is 69.2 Å². The van der Waals surface area contributed by atoms with Crippen molar-refractivity contribution >= 4 is 21.6 Å². The Morgan fingerprint density at radius 3 is 2.24 bits per heavy atom.